The lowest BCUT2D eigenvalue weighted by Crippen LogP contribution is -2.48. The lowest BCUT2D eigenvalue weighted by atomic mass is 9.83. The Morgan fingerprint density at radius 3 is 2.67 bits per heavy atom. The van der Waals surface area contributed by atoms with Gasteiger partial charge in [-0.25, -0.2) is 13.8 Å². The smallest absolute Gasteiger partial charge is 0.281 e. The highest BCUT2D eigenvalue weighted by Gasteiger charge is 2.28. The van der Waals surface area contributed by atoms with Crippen molar-refractivity contribution in [2.75, 3.05) is 12.4 Å². The zero-order chi connectivity index (χ0) is 17.5. The van der Waals surface area contributed by atoms with Crippen LogP contribution in [0.1, 0.15) is 53.9 Å². The third-order valence-electron chi connectivity index (χ3n) is 4.18. The van der Waals surface area contributed by atoms with Crippen LogP contribution in [0, 0.1) is 5.92 Å². The second-order valence-electron chi connectivity index (χ2n) is 5.78. The molecule has 2 amide bonds. The summed E-state index contributed by atoms with van der Waals surface area (Å²) in [5, 5.41) is 5.48. The maximum Gasteiger partial charge on any atom is 0.281 e. The van der Waals surface area contributed by atoms with Gasteiger partial charge in [-0.15, -0.1) is 22.9 Å². The number of nitrogens with one attached hydrogen (secondary N) is 2. The van der Waals surface area contributed by atoms with Crippen molar-refractivity contribution >= 4 is 34.8 Å². The van der Waals surface area contributed by atoms with Crippen molar-refractivity contribution in [3.63, 3.8) is 0 Å². The Labute approximate surface area is 148 Å². The number of rotatable bonds is 7. The number of halogens is 3. The summed E-state index contributed by atoms with van der Waals surface area (Å²) in [5.74, 6) is -0.835. The highest BCUT2D eigenvalue weighted by atomic mass is 35.5. The number of alkyl halides is 3. The van der Waals surface area contributed by atoms with E-state index in [-0.39, 0.29) is 35.2 Å². The van der Waals surface area contributed by atoms with Crippen LogP contribution in [0.25, 0.3) is 0 Å². The van der Waals surface area contributed by atoms with Gasteiger partial charge in [0.1, 0.15) is 16.5 Å². The molecule has 0 radical (unpaired) electrons. The van der Waals surface area contributed by atoms with Gasteiger partial charge in [-0.2, -0.15) is 0 Å². The summed E-state index contributed by atoms with van der Waals surface area (Å²) >= 11 is 6.37. The number of nitrogens with zero attached hydrogens (tertiary/aromatic N) is 1. The SMILES string of the molecule is O=C(CCl)NCC(NC(=O)c1scnc1C(F)F)C1CCCCC1. The summed E-state index contributed by atoms with van der Waals surface area (Å²) in [6.45, 7) is 0.241. The summed E-state index contributed by atoms with van der Waals surface area (Å²) in [4.78, 5) is 27.3. The predicted molar refractivity (Wildman–Crippen MR) is 88.6 cm³/mol. The van der Waals surface area contributed by atoms with E-state index in [0.717, 1.165) is 43.4 Å². The summed E-state index contributed by atoms with van der Waals surface area (Å²) in [7, 11) is 0. The van der Waals surface area contributed by atoms with Crippen molar-refractivity contribution < 1.29 is 18.4 Å². The molecule has 1 atom stereocenters. The molecule has 9 heteroatoms. The summed E-state index contributed by atoms with van der Waals surface area (Å²) in [5.41, 5.74) is 0.742. The van der Waals surface area contributed by atoms with Crippen LogP contribution in [0.4, 0.5) is 8.78 Å². The van der Waals surface area contributed by atoms with Gasteiger partial charge >= 0.3 is 0 Å². The number of hydrogen-bond donors (Lipinski definition) is 2. The first-order chi connectivity index (χ1) is 11.5. The molecule has 134 valence electrons. The van der Waals surface area contributed by atoms with Crippen LogP contribution in [-0.2, 0) is 4.79 Å². The second-order valence-corrected chi connectivity index (χ2v) is 6.91. The van der Waals surface area contributed by atoms with E-state index in [1.165, 1.54) is 5.51 Å². The minimum Gasteiger partial charge on any atom is -0.353 e. The van der Waals surface area contributed by atoms with Gasteiger partial charge in [-0.05, 0) is 18.8 Å². The van der Waals surface area contributed by atoms with Crippen molar-refractivity contribution in [3.05, 3.63) is 16.1 Å². The van der Waals surface area contributed by atoms with Crippen LogP contribution in [0.2, 0.25) is 0 Å². The van der Waals surface area contributed by atoms with Crippen molar-refractivity contribution in [1.29, 1.82) is 0 Å². The Bertz CT molecular complexity index is 565. The molecule has 1 aliphatic rings. The van der Waals surface area contributed by atoms with E-state index < -0.39 is 18.0 Å². The molecule has 0 saturated heterocycles. The first kappa shape index (κ1) is 19.1. The predicted octanol–water partition coefficient (Wildman–Crippen LogP) is 3.11. The van der Waals surface area contributed by atoms with Gasteiger partial charge in [0.25, 0.3) is 12.3 Å². The number of carbonyl (C=O) groups is 2. The average Bonchev–Trinajstić information content (AvgIpc) is 3.09. The molecule has 0 aliphatic heterocycles. The fraction of sp³-hybridized carbons (Fsp3) is 0.667. The first-order valence-corrected chi connectivity index (χ1v) is 9.29. The molecule has 1 aromatic rings. The number of aromatic nitrogens is 1. The summed E-state index contributed by atoms with van der Waals surface area (Å²) in [6, 6.07) is -0.308. The standard InChI is InChI=1S/C15H20ClF2N3O2S/c16-6-11(22)19-7-10(9-4-2-1-3-5-9)21-15(23)13-12(14(17)18)20-8-24-13/h8-10,14H,1-7H2,(H,19,22)(H,21,23). The third-order valence-corrected chi connectivity index (χ3v) is 5.27. The number of carbonyl (C=O) groups excluding carboxylic acids is 2. The van der Waals surface area contributed by atoms with Crippen molar-refractivity contribution in [3.8, 4) is 0 Å². The largest absolute Gasteiger partial charge is 0.353 e. The van der Waals surface area contributed by atoms with E-state index in [0.29, 0.717) is 0 Å². The highest BCUT2D eigenvalue weighted by molar-refractivity contribution is 7.11. The van der Waals surface area contributed by atoms with E-state index in [9.17, 15) is 18.4 Å². The Morgan fingerprint density at radius 1 is 1.33 bits per heavy atom. The van der Waals surface area contributed by atoms with Gasteiger partial charge < -0.3 is 10.6 Å². The molecule has 1 saturated carbocycles. The molecule has 2 rings (SSSR count). The summed E-state index contributed by atoms with van der Waals surface area (Å²) < 4.78 is 25.8. The number of thiazole rings is 1. The monoisotopic (exact) mass is 379 g/mol. The van der Waals surface area contributed by atoms with Crippen LogP contribution < -0.4 is 10.6 Å². The molecule has 0 spiro atoms. The van der Waals surface area contributed by atoms with E-state index in [4.69, 9.17) is 11.6 Å². The molecule has 1 unspecified atom stereocenters. The van der Waals surface area contributed by atoms with Crippen LogP contribution in [0.15, 0.2) is 5.51 Å². The highest BCUT2D eigenvalue weighted by Crippen LogP contribution is 2.28. The van der Waals surface area contributed by atoms with Gasteiger partial charge in [-0.1, -0.05) is 19.3 Å². The fourth-order valence-electron chi connectivity index (χ4n) is 2.96. The maximum atomic E-state index is 12.9. The quantitative estimate of drug-likeness (QED) is 0.715. The van der Waals surface area contributed by atoms with Crippen molar-refractivity contribution in [1.82, 2.24) is 15.6 Å². The molecule has 2 N–H and O–H groups in total. The molecule has 1 fully saturated rings. The molecule has 1 heterocycles. The number of hydrogen-bond acceptors (Lipinski definition) is 4. The van der Waals surface area contributed by atoms with E-state index in [1.807, 2.05) is 0 Å². The molecular weight excluding hydrogens is 360 g/mol. The number of amides is 2. The van der Waals surface area contributed by atoms with Gasteiger partial charge in [0.2, 0.25) is 5.91 Å². The van der Waals surface area contributed by atoms with Gasteiger partial charge in [0.05, 0.1) is 5.51 Å². The Kier molecular flexibility index (Phi) is 7.36. The Balaban J connectivity index is 2.06. The van der Waals surface area contributed by atoms with Crippen LogP contribution in [-0.4, -0.2) is 35.3 Å². The fourth-order valence-corrected chi connectivity index (χ4v) is 3.75. The normalized spacial score (nSPS) is 16.8. The van der Waals surface area contributed by atoms with E-state index in [2.05, 4.69) is 15.6 Å². The summed E-state index contributed by atoms with van der Waals surface area (Å²) in [6.07, 6.45) is 2.35. The first-order valence-electron chi connectivity index (χ1n) is 7.88. The van der Waals surface area contributed by atoms with Crippen LogP contribution >= 0.6 is 22.9 Å². The Hall–Kier alpha value is -1.28. The third kappa shape index (κ3) is 5.11. The van der Waals surface area contributed by atoms with Gasteiger partial charge in [0, 0.05) is 12.6 Å². The molecule has 1 aliphatic carbocycles. The lowest BCUT2D eigenvalue weighted by Gasteiger charge is -2.31. The van der Waals surface area contributed by atoms with Gasteiger partial charge in [-0.3, -0.25) is 9.59 Å². The van der Waals surface area contributed by atoms with Crippen molar-refractivity contribution in [2.45, 2.75) is 44.6 Å². The minimum absolute atomic E-state index is 0.0746. The zero-order valence-electron chi connectivity index (χ0n) is 13.1. The van der Waals surface area contributed by atoms with Crippen molar-refractivity contribution in [2.24, 2.45) is 5.92 Å². The molecule has 5 nitrogen and oxygen atoms in total. The molecule has 0 bridgehead atoms. The molecule has 1 aromatic heterocycles. The zero-order valence-corrected chi connectivity index (χ0v) is 14.6. The topological polar surface area (TPSA) is 71.1 Å². The van der Waals surface area contributed by atoms with E-state index in [1.54, 1.807) is 0 Å². The maximum absolute atomic E-state index is 12.9. The molecule has 24 heavy (non-hydrogen) atoms. The second kappa shape index (κ2) is 9.27. The van der Waals surface area contributed by atoms with Crippen LogP contribution in [0.5, 0.6) is 0 Å². The van der Waals surface area contributed by atoms with Crippen LogP contribution in [0.3, 0.4) is 0 Å². The molecule has 0 aromatic carbocycles. The van der Waals surface area contributed by atoms with E-state index >= 15 is 0 Å². The molecular formula is C15H20ClF2N3O2S. The van der Waals surface area contributed by atoms with Gasteiger partial charge in [0.15, 0.2) is 0 Å². The Morgan fingerprint density at radius 2 is 2.04 bits per heavy atom. The average molecular weight is 380 g/mol. The lowest BCUT2D eigenvalue weighted by molar-refractivity contribution is -0.118. The minimum atomic E-state index is -2.79.